The Balaban J connectivity index is 1.28. The molecule has 2 fully saturated rings. The zero-order chi connectivity index (χ0) is 21.3. The molecule has 3 heterocycles. The van der Waals surface area contributed by atoms with Crippen LogP contribution in [0.15, 0.2) is 17.5 Å². The minimum Gasteiger partial charge on any atom is -0.354 e. The molecule has 4 amide bonds. The molecule has 0 aromatic carbocycles. The normalized spacial score (nSPS) is 23.8. The number of urea groups is 1. The van der Waals surface area contributed by atoms with E-state index in [0.717, 1.165) is 44.6 Å². The third kappa shape index (κ3) is 4.00. The van der Waals surface area contributed by atoms with Crippen molar-refractivity contribution in [3.8, 4) is 10.6 Å². The summed E-state index contributed by atoms with van der Waals surface area (Å²) in [6, 6.07) is 3.64. The van der Waals surface area contributed by atoms with Crippen LogP contribution < -0.4 is 10.6 Å². The molecule has 1 aliphatic carbocycles. The van der Waals surface area contributed by atoms with Gasteiger partial charge in [0.1, 0.15) is 12.1 Å². The van der Waals surface area contributed by atoms with Crippen molar-refractivity contribution in [1.82, 2.24) is 20.5 Å². The average molecular weight is 447 g/mol. The molecule has 1 spiro atoms. The van der Waals surface area contributed by atoms with Gasteiger partial charge in [-0.2, -0.15) is 0 Å². The molecule has 1 saturated carbocycles. The first-order valence-electron chi connectivity index (χ1n) is 10.3. The van der Waals surface area contributed by atoms with E-state index >= 15 is 0 Å². The first-order valence-corrected chi connectivity index (χ1v) is 12.0. The van der Waals surface area contributed by atoms with Crippen molar-refractivity contribution in [3.05, 3.63) is 27.4 Å². The predicted octanol–water partition coefficient (Wildman–Crippen LogP) is 3.34. The number of imide groups is 1. The molecule has 1 saturated heterocycles. The lowest BCUT2D eigenvalue weighted by Crippen LogP contribution is -2.54. The molecular formula is C21H26N4O3S2. The second-order valence-electron chi connectivity index (χ2n) is 8.06. The van der Waals surface area contributed by atoms with Crippen LogP contribution in [0.2, 0.25) is 0 Å². The van der Waals surface area contributed by atoms with Gasteiger partial charge in [0.25, 0.3) is 5.91 Å². The van der Waals surface area contributed by atoms with Crippen molar-refractivity contribution in [3.63, 3.8) is 0 Å². The van der Waals surface area contributed by atoms with Crippen molar-refractivity contribution in [2.75, 3.05) is 13.1 Å². The average Bonchev–Trinajstić information content (AvgIpc) is 3.40. The number of nitrogens with zero attached hydrogens (tertiary/aromatic N) is 2. The van der Waals surface area contributed by atoms with Crippen molar-refractivity contribution in [1.29, 1.82) is 0 Å². The Morgan fingerprint density at radius 3 is 2.93 bits per heavy atom. The SMILES string of the molecule is Cc1nc(-c2ccc(CCNC(=O)CN3C(=O)NC4(CCCCC4C)C3=O)s2)cs1. The smallest absolute Gasteiger partial charge is 0.325 e. The molecule has 2 N–H and O–H groups in total. The van der Waals surface area contributed by atoms with E-state index in [1.807, 2.05) is 31.4 Å². The van der Waals surface area contributed by atoms with Gasteiger partial charge in [-0.15, -0.1) is 22.7 Å². The summed E-state index contributed by atoms with van der Waals surface area (Å²) in [6.45, 7) is 4.22. The molecule has 2 unspecified atom stereocenters. The van der Waals surface area contributed by atoms with Gasteiger partial charge < -0.3 is 10.6 Å². The van der Waals surface area contributed by atoms with Gasteiger partial charge in [-0.05, 0) is 44.2 Å². The summed E-state index contributed by atoms with van der Waals surface area (Å²) in [5.41, 5.74) is 0.166. The standard InChI is InChI=1S/C21H26N4O3S2/c1-13-5-3-4-9-21(13)19(27)25(20(28)24-21)11-18(26)22-10-8-15-6-7-17(30-15)16-12-29-14(2)23-16/h6-7,12-13H,3-5,8-11H2,1-2H3,(H,22,26)(H,24,28). The lowest BCUT2D eigenvalue weighted by molar-refractivity contribution is -0.137. The van der Waals surface area contributed by atoms with E-state index in [-0.39, 0.29) is 24.3 Å². The first-order chi connectivity index (χ1) is 14.4. The zero-order valence-electron chi connectivity index (χ0n) is 17.2. The van der Waals surface area contributed by atoms with Crippen molar-refractivity contribution in [2.45, 2.75) is 51.5 Å². The molecular weight excluding hydrogens is 420 g/mol. The van der Waals surface area contributed by atoms with Crippen LogP contribution in [0.1, 0.15) is 42.5 Å². The van der Waals surface area contributed by atoms with Gasteiger partial charge in [0.2, 0.25) is 5.91 Å². The van der Waals surface area contributed by atoms with Gasteiger partial charge in [-0.1, -0.05) is 19.8 Å². The second-order valence-corrected chi connectivity index (χ2v) is 10.3. The van der Waals surface area contributed by atoms with Gasteiger partial charge >= 0.3 is 6.03 Å². The van der Waals surface area contributed by atoms with E-state index in [2.05, 4.69) is 15.6 Å². The van der Waals surface area contributed by atoms with Crippen molar-refractivity contribution in [2.24, 2.45) is 5.92 Å². The van der Waals surface area contributed by atoms with Gasteiger partial charge in [0, 0.05) is 16.8 Å². The fraction of sp³-hybridized carbons (Fsp3) is 0.524. The summed E-state index contributed by atoms with van der Waals surface area (Å²) >= 11 is 3.29. The van der Waals surface area contributed by atoms with Crippen LogP contribution in [-0.2, 0) is 16.0 Å². The fourth-order valence-electron chi connectivity index (χ4n) is 4.29. The number of carbonyl (C=O) groups is 3. The Morgan fingerprint density at radius 2 is 2.20 bits per heavy atom. The maximum absolute atomic E-state index is 12.9. The highest BCUT2D eigenvalue weighted by atomic mass is 32.1. The Labute approximate surface area is 183 Å². The summed E-state index contributed by atoms with van der Waals surface area (Å²) in [6.07, 6.45) is 4.24. The Hall–Kier alpha value is -2.26. The Kier molecular flexibility index (Phi) is 5.92. The fourth-order valence-corrected chi connectivity index (χ4v) is 5.95. The third-order valence-corrected chi connectivity index (χ3v) is 7.97. The minimum absolute atomic E-state index is 0.0882. The zero-order valence-corrected chi connectivity index (χ0v) is 18.8. The Bertz CT molecular complexity index is 969. The van der Waals surface area contributed by atoms with Crippen molar-refractivity contribution < 1.29 is 14.4 Å². The van der Waals surface area contributed by atoms with Crippen LogP contribution in [0.4, 0.5) is 4.79 Å². The molecule has 30 heavy (non-hydrogen) atoms. The molecule has 1 aliphatic heterocycles. The van der Waals surface area contributed by atoms with Crippen LogP contribution in [0.25, 0.3) is 10.6 Å². The number of hydrogen-bond donors (Lipinski definition) is 2. The van der Waals surface area contributed by atoms with E-state index in [9.17, 15) is 14.4 Å². The Morgan fingerprint density at radius 1 is 1.37 bits per heavy atom. The largest absolute Gasteiger partial charge is 0.354 e. The number of carbonyl (C=O) groups excluding carboxylic acids is 3. The first kappa shape index (κ1) is 21.0. The monoisotopic (exact) mass is 446 g/mol. The van der Waals surface area contributed by atoms with Gasteiger partial charge in [0.15, 0.2) is 0 Å². The number of thiophene rings is 1. The number of thiazole rings is 1. The summed E-state index contributed by atoms with van der Waals surface area (Å²) in [7, 11) is 0. The summed E-state index contributed by atoms with van der Waals surface area (Å²) in [5, 5.41) is 8.80. The number of hydrogen-bond acceptors (Lipinski definition) is 6. The van der Waals surface area contributed by atoms with Crippen molar-refractivity contribution >= 4 is 40.5 Å². The summed E-state index contributed by atoms with van der Waals surface area (Å²) in [5.74, 6) is -0.479. The van der Waals surface area contributed by atoms with E-state index in [1.165, 1.54) is 0 Å². The highest BCUT2D eigenvalue weighted by molar-refractivity contribution is 7.16. The number of amides is 4. The summed E-state index contributed by atoms with van der Waals surface area (Å²) < 4.78 is 0. The number of aromatic nitrogens is 1. The lowest BCUT2D eigenvalue weighted by atomic mass is 9.73. The number of rotatable bonds is 6. The minimum atomic E-state index is -0.822. The summed E-state index contributed by atoms with van der Waals surface area (Å²) in [4.78, 5) is 45.5. The van der Waals surface area contributed by atoms with Gasteiger partial charge in [0.05, 0.1) is 15.6 Å². The van der Waals surface area contributed by atoms with E-state index in [1.54, 1.807) is 22.7 Å². The van der Waals surface area contributed by atoms with E-state index in [4.69, 9.17) is 0 Å². The second kappa shape index (κ2) is 8.47. The van der Waals surface area contributed by atoms with E-state index < -0.39 is 11.6 Å². The molecule has 4 rings (SSSR count). The maximum Gasteiger partial charge on any atom is 0.325 e. The predicted molar refractivity (Wildman–Crippen MR) is 117 cm³/mol. The lowest BCUT2D eigenvalue weighted by Gasteiger charge is -2.36. The van der Waals surface area contributed by atoms with Crippen LogP contribution in [0.3, 0.4) is 0 Å². The van der Waals surface area contributed by atoms with Crippen LogP contribution in [0.5, 0.6) is 0 Å². The molecule has 9 heteroatoms. The topological polar surface area (TPSA) is 91.4 Å². The van der Waals surface area contributed by atoms with Gasteiger partial charge in [-0.3, -0.25) is 14.5 Å². The van der Waals surface area contributed by atoms with E-state index in [0.29, 0.717) is 19.4 Å². The molecule has 0 bridgehead atoms. The highest BCUT2D eigenvalue weighted by Gasteiger charge is 2.55. The third-order valence-electron chi connectivity index (χ3n) is 6.03. The molecule has 2 aromatic heterocycles. The molecule has 2 aliphatic rings. The number of aryl methyl sites for hydroxylation is 1. The number of nitrogens with one attached hydrogen (secondary N) is 2. The molecule has 2 atom stereocenters. The molecule has 0 radical (unpaired) electrons. The van der Waals surface area contributed by atoms with Crippen LogP contribution in [-0.4, -0.2) is 46.4 Å². The molecule has 7 nitrogen and oxygen atoms in total. The van der Waals surface area contributed by atoms with Crippen LogP contribution >= 0.6 is 22.7 Å². The maximum atomic E-state index is 12.9. The quantitative estimate of drug-likeness (QED) is 0.666. The highest BCUT2D eigenvalue weighted by Crippen LogP contribution is 2.38. The van der Waals surface area contributed by atoms with Crippen LogP contribution in [0, 0.1) is 12.8 Å². The molecule has 2 aromatic rings. The van der Waals surface area contributed by atoms with Gasteiger partial charge in [-0.25, -0.2) is 9.78 Å². The molecule has 160 valence electrons.